The van der Waals surface area contributed by atoms with Crippen LogP contribution in [0.5, 0.6) is 0 Å². The van der Waals surface area contributed by atoms with Crippen molar-refractivity contribution >= 4 is 35.0 Å². The van der Waals surface area contributed by atoms with E-state index < -0.39 is 0 Å². The summed E-state index contributed by atoms with van der Waals surface area (Å²) >= 11 is 1.40. The number of hydrogen-bond acceptors (Lipinski definition) is 5. The van der Waals surface area contributed by atoms with Crippen molar-refractivity contribution in [1.82, 2.24) is 14.8 Å². The molecule has 0 bridgehead atoms. The van der Waals surface area contributed by atoms with Crippen LogP contribution in [0.2, 0.25) is 0 Å². The van der Waals surface area contributed by atoms with Crippen LogP contribution in [0, 0.1) is 0 Å². The molecule has 1 N–H and O–H groups in total. The Morgan fingerprint density at radius 2 is 2.03 bits per heavy atom. The largest absolute Gasteiger partial charge is 0.324 e. The van der Waals surface area contributed by atoms with Crippen LogP contribution in [-0.4, -0.2) is 38.4 Å². The fourth-order valence-electron chi connectivity index (χ4n) is 4.53. The van der Waals surface area contributed by atoms with Crippen LogP contribution in [0.1, 0.15) is 57.2 Å². The summed E-state index contributed by atoms with van der Waals surface area (Å²) in [4.78, 5) is 27.2. The van der Waals surface area contributed by atoms with E-state index in [2.05, 4.69) is 26.7 Å². The average Bonchev–Trinajstić information content (AvgIpc) is 3.11. The maximum atomic E-state index is 13.3. The van der Waals surface area contributed by atoms with E-state index in [1.54, 1.807) is 4.90 Å². The van der Waals surface area contributed by atoms with Gasteiger partial charge >= 0.3 is 0 Å². The van der Waals surface area contributed by atoms with E-state index in [0.29, 0.717) is 18.2 Å². The Kier molecular flexibility index (Phi) is 6.75. The minimum Gasteiger partial charge on any atom is -0.324 e. The molecule has 4 rings (SSSR count). The number of allylic oxidation sites excluding steroid dienone is 1. The highest BCUT2D eigenvalue weighted by Gasteiger charge is 2.30. The van der Waals surface area contributed by atoms with Crippen molar-refractivity contribution in [3.05, 3.63) is 42.7 Å². The van der Waals surface area contributed by atoms with E-state index in [0.717, 1.165) is 29.5 Å². The lowest BCUT2D eigenvalue weighted by Gasteiger charge is -2.27. The molecule has 7 nitrogen and oxygen atoms in total. The number of carbonyl (C=O) groups excluding carboxylic acids is 2. The molecule has 2 aliphatic rings. The van der Waals surface area contributed by atoms with Crippen molar-refractivity contribution in [2.75, 3.05) is 16.0 Å². The molecule has 0 unspecified atom stereocenters. The van der Waals surface area contributed by atoms with Gasteiger partial charge in [-0.25, -0.2) is 0 Å². The number of benzene rings is 1. The van der Waals surface area contributed by atoms with Gasteiger partial charge in [-0.2, -0.15) is 0 Å². The van der Waals surface area contributed by atoms with Crippen LogP contribution in [0.15, 0.2) is 42.1 Å². The third-order valence-corrected chi connectivity index (χ3v) is 6.93. The highest BCUT2D eigenvalue weighted by Crippen LogP contribution is 2.34. The second-order valence-corrected chi connectivity index (χ2v) is 9.19. The van der Waals surface area contributed by atoms with Gasteiger partial charge in [0.2, 0.25) is 11.8 Å². The number of para-hydroxylation sites is 2. The van der Waals surface area contributed by atoms with Gasteiger partial charge in [-0.05, 0) is 31.9 Å². The molecule has 2 amide bonds. The fraction of sp³-hybridized carbons (Fsp3) is 0.478. The summed E-state index contributed by atoms with van der Waals surface area (Å²) in [6.07, 6.45) is 8.14. The van der Waals surface area contributed by atoms with Crippen LogP contribution < -0.4 is 10.2 Å². The summed E-state index contributed by atoms with van der Waals surface area (Å²) in [5, 5.41) is 12.6. The Hall–Kier alpha value is -2.61. The van der Waals surface area contributed by atoms with Crippen molar-refractivity contribution in [3.63, 3.8) is 0 Å². The van der Waals surface area contributed by atoms with Gasteiger partial charge in [-0.1, -0.05) is 49.2 Å². The molecule has 164 valence electrons. The minimum atomic E-state index is -0.222. The molecule has 1 fully saturated rings. The molecule has 8 heteroatoms. The molecular formula is C23H29N5O2S. The molecule has 2 heterocycles. The number of aromatic nitrogens is 3. The van der Waals surface area contributed by atoms with Gasteiger partial charge in [0.25, 0.3) is 0 Å². The normalized spacial score (nSPS) is 19.5. The van der Waals surface area contributed by atoms with E-state index in [1.165, 1.54) is 31.0 Å². The Morgan fingerprint density at radius 3 is 2.81 bits per heavy atom. The summed E-state index contributed by atoms with van der Waals surface area (Å²) < 4.78 is 2.10. The number of thioether (sulfide) groups is 1. The number of fused-ring (bicyclic) bond motifs is 1. The molecule has 0 spiro atoms. The van der Waals surface area contributed by atoms with Crippen molar-refractivity contribution in [3.8, 4) is 0 Å². The molecule has 31 heavy (non-hydrogen) atoms. The molecule has 1 saturated carbocycles. The van der Waals surface area contributed by atoms with Gasteiger partial charge in [-0.15, -0.1) is 16.8 Å². The maximum absolute atomic E-state index is 13.3. The van der Waals surface area contributed by atoms with Gasteiger partial charge in [-0.3, -0.25) is 9.59 Å². The van der Waals surface area contributed by atoms with E-state index in [1.807, 2.05) is 37.3 Å². The first-order valence-electron chi connectivity index (χ1n) is 11.0. The number of carbonyl (C=O) groups is 2. The molecule has 0 saturated heterocycles. The molecule has 2 aromatic rings. The lowest BCUT2D eigenvalue weighted by molar-refractivity contribution is -0.117. The third kappa shape index (κ3) is 4.69. The topological polar surface area (TPSA) is 80.1 Å². The Balaban J connectivity index is 1.52. The van der Waals surface area contributed by atoms with Crippen LogP contribution >= 0.6 is 11.8 Å². The molecule has 1 aliphatic carbocycles. The molecule has 1 aromatic carbocycles. The SMILES string of the molecule is C=CCn1c(SCC(=O)N2c3ccccc3NC(=O)C[C@@H]2C)nnc1C1CCCCC1. The average molecular weight is 440 g/mol. The summed E-state index contributed by atoms with van der Waals surface area (Å²) in [6.45, 7) is 6.43. The van der Waals surface area contributed by atoms with Crippen LogP contribution in [-0.2, 0) is 16.1 Å². The standard InChI is InChI=1S/C23H29N5O2S/c1-3-13-27-22(17-9-5-4-6-10-17)25-26-23(27)31-15-21(30)28-16(2)14-20(29)24-18-11-7-8-12-19(18)28/h3,7-8,11-12,16-17H,1,4-6,9-10,13-15H2,2H3,(H,24,29)/t16-/m0/s1. The molecule has 1 atom stereocenters. The summed E-state index contributed by atoms with van der Waals surface area (Å²) in [5.41, 5.74) is 1.41. The lowest BCUT2D eigenvalue weighted by Crippen LogP contribution is -2.40. The van der Waals surface area contributed by atoms with E-state index >= 15 is 0 Å². The number of anilines is 2. The van der Waals surface area contributed by atoms with Gasteiger partial charge in [0.15, 0.2) is 5.16 Å². The zero-order chi connectivity index (χ0) is 21.8. The van der Waals surface area contributed by atoms with Gasteiger partial charge in [0.1, 0.15) is 5.82 Å². The van der Waals surface area contributed by atoms with Crippen molar-refractivity contribution < 1.29 is 9.59 Å². The third-order valence-electron chi connectivity index (χ3n) is 5.98. The molecule has 1 aliphatic heterocycles. The second kappa shape index (κ2) is 9.68. The first kappa shape index (κ1) is 21.6. The smallest absolute Gasteiger partial charge is 0.237 e. The zero-order valence-electron chi connectivity index (χ0n) is 17.9. The van der Waals surface area contributed by atoms with Crippen molar-refractivity contribution in [2.45, 2.75) is 69.1 Å². The number of amides is 2. The first-order chi connectivity index (χ1) is 15.1. The Labute approximate surface area is 187 Å². The van der Waals surface area contributed by atoms with Gasteiger partial charge in [0, 0.05) is 24.9 Å². The van der Waals surface area contributed by atoms with Crippen molar-refractivity contribution in [1.29, 1.82) is 0 Å². The molecule has 1 aromatic heterocycles. The second-order valence-electron chi connectivity index (χ2n) is 8.25. The predicted octanol–water partition coefficient (Wildman–Crippen LogP) is 4.37. The van der Waals surface area contributed by atoms with Gasteiger partial charge < -0.3 is 14.8 Å². The van der Waals surface area contributed by atoms with E-state index in [4.69, 9.17) is 0 Å². The number of hydrogen-bond donors (Lipinski definition) is 1. The number of nitrogens with one attached hydrogen (secondary N) is 1. The minimum absolute atomic E-state index is 0.0474. The van der Waals surface area contributed by atoms with Crippen molar-refractivity contribution in [2.24, 2.45) is 0 Å². The fourth-order valence-corrected chi connectivity index (χ4v) is 5.35. The molecular weight excluding hydrogens is 410 g/mol. The summed E-state index contributed by atoms with van der Waals surface area (Å²) in [6, 6.07) is 7.22. The Bertz CT molecular complexity index is 967. The van der Waals surface area contributed by atoms with Crippen LogP contribution in [0.4, 0.5) is 11.4 Å². The van der Waals surface area contributed by atoms with Crippen LogP contribution in [0.25, 0.3) is 0 Å². The number of rotatable bonds is 6. The zero-order valence-corrected chi connectivity index (χ0v) is 18.7. The van der Waals surface area contributed by atoms with E-state index in [-0.39, 0.29) is 30.0 Å². The van der Waals surface area contributed by atoms with Crippen LogP contribution in [0.3, 0.4) is 0 Å². The predicted molar refractivity (Wildman–Crippen MR) is 123 cm³/mol. The van der Waals surface area contributed by atoms with Gasteiger partial charge in [0.05, 0.1) is 17.1 Å². The van der Waals surface area contributed by atoms with E-state index in [9.17, 15) is 9.59 Å². The molecule has 0 radical (unpaired) electrons. The monoisotopic (exact) mass is 439 g/mol. The highest BCUT2D eigenvalue weighted by molar-refractivity contribution is 7.99. The quantitative estimate of drug-likeness (QED) is 0.534. The highest BCUT2D eigenvalue weighted by atomic mass is 32.2. The maximum Gasteiger partial charge on any atom is 0.237 e. The summed E-state index contributed by atoms with van der Waals surface area (Å²) in [5.74, 6) is 1.55. The number of nitrogens with zero attached hydrogens (tertiary/aromatic N) is 4. The Morgan fingerprint density at radius 1 is 1.26 bits per heavy atom. The lowest BCUT2D eigenvalue weighted by atomic mass is 9.89. The summed E-state index contributed by atoms with van der Waals surface area (Å²) in [7, 11) is 0. The first-order valence-corrected chi connectivity index (χ1v) is 11.9.